The molecule has 3 rings (SSSR count). The maximum Gasteiger partial charge on any atom is 0.252 e. The Labute approximate surface area is 151 Å². The lowest BCUT2D eigenvalue weighted by Crippen LogP contribution is -2.35. The lowest BCUT2D eigenvalue weighted by molar-refractivity contribution is -0.120. The van der Waals surface area contributed by atoms with Gasteiger partial charge in [-0.05, 0) is 36.6 Å². The molecule has 3 heterocycles. The van der Waals surface area contributed by atoms with E-state index in [4.69, 9.17) is 0 Å². The summed E-state index contributed by atoms with van der Waals surface area (Å²) in [6.45, 7) is 1.58. The van der Waals surface area contributed by atoms with Gasteiger partial charge in [0.15, 0.2) is 0 Å². The van der Waals surface area contributed by atoms with Crippen molar-refractivity contribution in [3.05, 3.63) is 47.1 Å². The maximum absolute atomic E-state index is 12.6. The van der Waals surface area contributed by atoms with E-state index in [9.17, 15) is 13.2 Å². The Balaban J connectivity index is 1.58. The summed E-state index contributed by atoms with van der Waals surface area (Å²) >= 11 is 1.18. The first kappa shape index (κ1) is 18.0. The number of nitrogens with zero attached hydrogens (tertiary/aromatic N) is 2. The highest BCUT2D eigenvalue weighted by Gasteiger charge is 2.27. The van der Waals surface area contributed by atoms with E-state index in [1.807, 2.05) is 12.1 Å². The summed E-state index contributed by atoms with van der Waals surface area (Å²) in [5.41, 5.74) is 0.926. The third-order valence-electron chi connectivity index (χ3n) is 4.09. The first-order chi connectivity index (χ1) is 12.1. The standard InChI is InChI=1S/C17H21N3O3S2/c21-16(19-13-14-5-4-8-18-12-14)11-15-6-7-17(24-15)25(22,23)20-9-2-1-3-10-20/h4-8,12H,1-3,9-11,13H2,(H,19,21). The molecule has 1 aliphatic rings. The van der Waals surface area contributed by atoms with Gasteiger partial charge in [-0.25, -0.2) is 8.42 Å². The van der Waals surface area contributed by atoms with Crippen LogP contribution in [-0.2, 0) is 27.8 Å². The van der Waals surface area contributed by atoms with Crippen LogP contribution in [0.3, 0.4) is 0 Å². The summed E-state index contributed by atoms with van der Waals surface area (Å²) in [7, 11) is -3.42. The van der Waals surface area contributed by atoms with Crippen molar-refractivity contribution in [1.82, 2.24) is 14.6 Å². The number of sulfonamides is 1. The molecule has 1 saturated heterocycles. The third kappa shape index (κ3) is 4.65. The summed E-state index contributed by atoms with van der Waals surface area (Å²) in [6, 6.07) is 7.05. The predicted molar refractivity (Wildman–Crippen MR) is 96.7 cm³/mol. The van der Waals surface area contributed by atoms with Crippen LogP contribution >= 0.6 is 11.3 Å². The lowest BCUT2D eigenvalue weighted by Gasteiger charge is -2.25. The SMILES string of the molecule is O=C(Cc1ccc(S(=O)(=O)N2CCCCC2)s1)NCc1cccnc1. The number of carbonyl (C=O) groups is 1. The first-order valence-corrected chi connectivity index (χ1v) is 10.6. The highest BCUT2D eigenvalue weighted by molar-refractivity contribution is 7.91. The van der Waals surface area contributed by atoms with Crippen LogP contribution in [0.5, 0.6) is 0 Å². The van der Waals surface area contributed by atoms with Crippen molar-refractivity contribution in [1.29, 1.82) is 0 Å². The van der Waals surface area contributed by atoms with Gasteiger partial charge in [-0.2, -0.15) is 4.31 Å². The van der Waals surface area contributed by atoms with Crippen molar-refractivity contribution < 1.29 is 13.2 Å². The van der Waals surface area contributed by atoms with Gasteiger partial charge < -0.3 is 5.32 Å². The summed E-state index contributed by atoms with van der Waals surface area (Å²) in [4.78, 5) is 16.8. The number of nitrogens with one attached hydrogen (secondary N) is 1. The molecule has 0 atom stereocenters. The van der Waals surface area contributed by atoms with Crippen LogP contribution in [0.15, 0.2) is 40.9 Å². The van der Waals surface area contributed by atoms with Crippen molar-refractivity contribution >= 4 is 27.3 Å². The quantitative estimate of drug-likeness (QED) is 0.834. The number of thiophene rings is 1. The minimum atomic E-state index is -3.42. The fraction of sp³-hybridized carbons (Fsp3) is 0.412. The second-order valence-corrected chi connectivity index (χ2v) is 9.33. The fourth-order valence-electron chi connectivity index (χ4n) is 2.75. The van der Waals surface area contributed by atoms with E-state index in [0.717, 1.165) is 29.7 Å². The van der Waals surface area contributed by atoms with Gasteiger partial charge in [-0.15, -0.1) is 11.3 Å². The zero-order valence-electron chi connectivity index (χ0n) is 13.8. The van der Waals surface area contributed by atoms with Crippen molar-refractivity contribution in [2.75, 3.05) is 13.1 Å². The minimum absolute atomic E-state index is 0.132. The molecule has 2 aromatic rings. The van der Waals surface area contributed by atoms with E-state index in [1.165, 1.54) is 11.3 Å². The number of piperidine rings is 1. The Morgan fingerprint density at radius 3 is 2.72 bits per heavy atom. The zero-order chi connectivity index (χ0) is 17.7. The fourth-order valence-corrected chi connectivity index (χ4v) is 5.77. The smallest absolute Gasteiger partial charge is 0.252 e. The van der Waals surface area contributed by atoms with E-state index in [2.05, 4.69) is 10.3 Å². The topological polar surface area (TPSA) is 79.4 Å². The molecule has 0 aromatic carbocycles. The Kier molecular flexibility index (Phi) is 5.82. The predicted octanol–water partition coefficient (Wildman–Crippen LogP) is 2.18. The molecule has 2 aromatic heterocycles. The molecule has 1 N–H and O–H groups in total. The summed E-state index contributed by atoms with van der Waals surface area (Å²) in [5, 5.41) is 2.83. The van der Waals surface area contributed by atoms with Crippen LogP contribution in [-0.4, -0.2) is 36.7 Å². The lowest BCUT2D eigenvalue weighted by atomic mass is 10.2. The molecule has 1 amide bonds. The van der Waals surface area contributed by atoms with E-state index in [0.29, 0.717) is 23.8 Å². The molecule has 8 heteroatoms. The van der Waals surface area contributed by atoms with Crippen LogP contribution in [0, 0.1) is 0 Å². The van der Waals surface area contributed by atoms with Crippen molar-refractivity contribution in [3.8, 4) is 0 Å². The van der Waals surface area contributed by atoms with Gasteiger partial charge in [0.25, 0.3) is 10.0 Å². The summed E-state index contributed by atoms with van der Waals surface area (Å²) in [6.07, 6.45) is 6.47. The number of aromatic nitrogens is 1. The van der Waals surface area contributed by atoms with Gasteiger partial charge in [0.1, 0.15) is 4.21 Å². The van der Waals surface area contributed by atoms with Crippen LogP contribution in [0.2, 0.25) is 0 Å². The molecule has 0 unspecified atom stereocenters. The number of amides is 1. The van der Waals surface area contributed by atoms with Gasteiger partial charge in [0.2, 0.25) is 5.91 Å². The average Bonchev–Trinajstić information content (AvgIpc) is 3.11. The van der Waals surface area contributed by atoms with Crippen LogP contribution in [0.1, 0.15) is 29.7 Å². The molecular weight excluding hydrogens is 358 g/mol. The second kappa shape index (κ2) is 8.07. The Morgan fingerprint density at radius 1 is 1.20 bits per heavy atom. The zero-order valence-corrected chi connectivity index (χ0v) is 15.5. The van der Waals surface area contributed by atoms with Gasteiger partial charge in [-0.1, -0.05) is 12.5 Å². The molecule has 0 bridgehead atoms. The van der Waals surface area contributed by atoms with E-state index in [-0.39, 0.29) is 12.3 Å². The van der Waals surface area contributed by atoms with Gasteiger partial charge >= 0.3 is 0 Å². The summed E-state index contributed by atoms with van der Waals surface area (Å²) in [5.74, 6) is -0.132. The highest BCUT2D eigenvalue weighted by Crippen LogP contribution is 2.27. The first-order valence-electron chi connectivity index (χ1n) is 8.30. The Bertz CT molecular complexity index is 813. The number of rotatable bonds is 6. The van der Waals surface area contributed by atoms with E-state index >= 15 is 0 Å². The average molecular weight is 380 g/mol. The Morgan fingerprint density at radius 2 is 2.00 bits per heavy atom. The number of carbonyl (C=O) groups excluding carboxylic acids is 1. The molecular formula is C17H21N3O3S2. The Hall–Kier alpha value is -1.77. The van der Waals surface area contributed by atoms with Crippen LogP contribution < -0.4 is 5.32 Å². The van der Waals surface area contributed by atoms with Gasteiger partial charge in [0, 0.05) is 36.9 Å². The molecule has 0 radical (unpaired) electrons. The molecule has 6 nitrogen and oxygen atoms in total. The van der Waals surface area contributed by atoms with E-state index in [1.54, 1.807) is 28.8 Å². The second-order valence-electron chi connectivity index (χ2n) is 6.00. The van der Waals surface area contributed by atoms with Crippen molar-refractivity contribution in [3.63, 3.8) is 0 Å². The maximum atomic E-state index is 12.6. The molecule has 25 heavy (non-hydrogen) atoms. The molecule has 1 aliphatic heterocycles. The number of pyridine rings is 1. The van der Waals surface area contributed by atoms with Crippen molar-refractivity contribution in [2.45, 2.75) is 36.4 Å². The molecule has 1 fully saturated rings. The number of hydrogen-bond donors (Lipinski definition) is 1. The largest absolute Gasteiger partial charge is 0.352 e. The van der Waals surface area contributed by atoms with Gasteiger partial charge in [-0.3, -0.25) is 9.78 Å². The molecule has 0 aliphatic carbocycles. The molecule has 134 valence electrons. The van der Waals surface area contributed by atoms with Crippen LogP contribution in [0.25, 0.3) is 0 Å². The number of hydrogen-bond acceptors (Lipinski definition) is 5. The van der Waals surface area contributed by atoms with E-state index < -0.39 is 10.0 Å². The normalized spacial score (nSPS) is 15.8. The third-order valence-corrected chi connectivity index (χ3v) is 7.54. The summed E-state index contributed by atoms with van der Waals surface area (Å²) < 4.78 is 27.1. The van der Waals surface area contributed by atoms with Crippen LogP contribution in [0.4, 0.5) is 0 Å². The minimum Gasteiger partial charge on any atom is -0.352 e. The monoisotopic (exact) mass is 379 g/mol. The highest BCUT2D eigenvalue weighted by atomic mass is 32.2. The van der Waals surface area contributed by atoms with Gasteiger partial charge in [0.05, 0.1) is 6.42 Å². The molecule has 0 spiro atoms. The molecule has 0 saturated carbocycles. The van der Waals surface area contributed by atoms with Crippen molar-refractivity contribution in [2.24, 2.45) is 0 Å².